The van der Waals surface area contributed by atoms with E-state index in [0.717, 1.165) is 48.2 Å². The van der Waals surface area contributed by atoms with Crippen molar-refractivity contribution in [2.45, 2.75) is 38.1 Å². The molecule has 0 heterocycles. The van der Waals surface area contributed by atoms with Crippen molar-refractivity contribution in [1.29, 1.82) is 0 Å². The Morgan fingerprint density at radius 3 is 2.17 bits per heavy atom. The molecule has 0 aromatic heterocycles. The third-order valence-corrected chi connectivity index (χ3v) is 6.79. The fourth-order valence-corrected chi connectivity index (χ4v) is 4.75. The second-order valence-corrected chi connectivity index (χ2v) is 9.24. The maximum Gasteiger partial charge on any atom is 0.251 e. The summed E-state index contributed by atoms with van der Waals surface area (Å²) in [5.41, 5.74) is 3.68. The van der Waals surface area contributed by atoms with Crippen LogP contribution in [0.1, 0.15) is 42.5 Å². The summed E-state index contributed by atoms with van der Waals surface area (Å²) in [6, 6.07) is 24.7. The zero-order valence-electron chi connectivity index (χ0n) is 20.8. The number of hydrogen-bond donors (Lipinski definition) is 3. The summed E-state index contributed by atoms with van der Waals surface area (Å²) in [4.78, 5) is 26.3. The molecule has 188 valence electrons. The molecular formula is C30H35N3O3. The fourth-order valence-electron chi connectivity index (χ4n) is 4.75. The van der Waals surface area contributed by atoms with Crippen molar-refractivity contribution in [3.63, 3.8) is 0 Å². The third-order valence-electron chi connectivity index (χ3n) is 6.79. The van der Waals surface area contributed by atoms with E-state index in [4.69, 9.17) is 4.74 Å². The van der Waals surface area contributed by atoms with Crippen molar-refractivity contribution in [3.8, 4) is 16.9 Å². The lowest BCUT2D eigenvalue weighted by Gasteiger charge is -2.30. The Morgan fingerprint density at radius 2 is 1.50 bits per heavy atom. The van der Waals surface area contributed by atoms with Crippen LogP contribution in [0.4, 0.5) is 5.69 Å². The normalized spacial score (nSPS) is 14.5. The van der Waals surface area contributed by atoms with E-state index in [-0.39, 0.29) is 17.7 Å². The van der Waals surface area contributed by atoms with E-state index in [1.807, 2.05) is 78.9 Å². The van der Waals surface area contributed by atoms with Gasteiger partial charge >= 0.3 is 0 Å². The van der Waals surface area contributed by atoms with E-state index in [1.54, 1.807) is 7.11 Å². The zero-order valence-corrected chi connectivity index (χ0v) is 20.8. The number of methoxy groups -OCH3 is 1. The highest BCUT2D eigenvalue weighted by Crippen LogP contribution is 2.27. The SMILES string of the molecule is COc1ccc(NCCNC(=O)[C@@H](NC(=O)c2ccc(-c3ccccc3)cc2)C2CCCCC2)cc1. The topological polar surface area (TPSA) is 79.5 Å². The maximum absolute atomic E-state index is 13.2. The van der Waals surface area contributed by atoms with Gasteiger partial charge in [-0.05, 0) is 66.3 Å². The van der Waals surface area contributed by atoms with E-state index in [2.05, 4.69) is 16.0 Å². The number of rotatable bonds is 10. The van der Waals surface area contributed by atoms with Gasteiger partial charge in [0.1, 0.15) is 11.8 Å². The standard InChI is InChI=1S/C30H35N3O3/c1-36-27-18-16-26(17-19-27)31-20-21-32-30(35)28(24-10-6-3-7-11-24)33-29(34)25-14-12-23(13-15-25)22-8-4-2-5-9-22/h2,4-5,8-9,12-19,24,28,31H,3,6-7,10-11,20-21H2,1H3,(H,32,35)(H,33,34)/t28-/m0/s1. The summed E-state index contributed by atoms with van der Waals surface area (Å²) in [5.74, 6) is 0.625. The molecule has 0 unspecified atom stereocenters. The van der Waals surface area contributed by atoms with Crippen molar-refractivity contribution < 1.29 is 14.3 Å². The molecule has 0 spiro atoms. The van der Waals surface area contributed by atoms with Gasteiger partial charge in [-0.25, -0.2) is 0 Å². The first-order chi connectivity index (χ1) is 17.6. The van der Waals surface area contributed by atoms with Gasteiger partial charge in [0.25, 0.3) is 5.91 Å². The van der Waals surface area contributed by atoms with Gasteiger partial charge in [-0.2, -0.15) is 0 Å². The van der Waals surface area contributed by atoms with Gasteiger partial charge in [0.2, 0.25) is 5.91 Å². The molecule has 1 aliphatic rings. The highest BCUT2D eigenvalue weighted by Gasteiger charge is 2.31. The van der Waals surface area contributed by atoms with Gasteiger partial charge < -0.3 is 20.7 Å². The van der Waals surface area contributed by atoms with Crippen LogP contribution in [0.15, 0.2) is 78.9 Å². The number of amides is 2. The van der Waals surface area contributed by atoms with Crippen LogP contribution in [0.5, 0.6) is 5.75 Å². The summed E-state index contributed by atoms with van der Waals surface area (Å²) >= 11 is 0. The van der Waals surface area contributed by atoms with Crippen molar-refractivity contribution in [3.05, 3.63) is 84.4 Å². The van der Waals surface area contributed by atoms with Crippen LogP contribution in [0.3, 0.4) is 0 Å². The molecule has 1 atom stereocenters. The molecular weight excluding hydrogens is 450 g/mol. The minimum atomic E-state index is -0.535. The lowest BCUT2D eigenvalue weighted by Crippen LogP contribution is -2.52. The second kappa shape index (κ2) is 12.8. The van der Waals surface area contributed by atoms with Crippen molar-refractivity contribution in [2.24, 2.45) is 5.92 Å². The number of nitrogens with one attached hydrogen (secondary N) is 3. The number of anilines is 1. The number of benzene rings is 3. The number of hydrogen-bond acceptors (Lipinski definition) is 4. The van der Waals surface area contributed by atoms with E-state index >= 15 is 0 Å². The number of carbonyl (C=O) groups excluding carboxylic acids is 2. The minimum Gasteiger partial charge on any atom is -0.497 e. The smallest absolute Gasteiger partial charge is 0.251 e. The van der Waals surface area contributed by atoms with Crippen LogP contribution in [-0.2, 0) is 4.79 Å². The minimum absolute atomic E-state index is 0.118. The molecule has 2 amide bonds. The molecule has 4 rings (SSSR count). The molecule has 3 aromatic rings. The predicted octanol–water partition coefficient (Wildman–Crippen LogP) is 5.27. The molecule has 0 radical (unpaired) electrons. The molecule has 3 aromatic carbocycles. The van der Waals surface area contributed by atoms with Crippen LogP contribution in [0, 0.1) is 5.92 Å². The summed E-state index contributed by atoms with van der Waals surface area (Å²) < 4.78 is 5.18. The monoisotopic (exact) mass is 485 g/mol. The van der Waals surface area contributed by atoms with E-state index in [1.165, 1.54) is 6.42 Å². The average Bonchev–Trinajstić information content (AvgIpc) is 2.95. The van der Waals surface area contributed by atoms with Crippen LogP contribution < -0.4 is 20.7 Å². The first-order valence-corrected chi connectivity index (χ1v) is 12.8. The summed E-state index contributed by atoms with van der Waals surface area (Å²) in [7, 11) is 1.64. The van der Waals surface area contributed by atoms with Gasteiger partial charge in [0, 0.05) is 24.3 Å². The van der Waals surface area contributed by atoms with E-state index < -0.39 is 6.04 Å². The molecule has 1 saturated carbocycles. The Labute approximate surface area is 213 Å². The Bertz CT molecular complexity index is 1110. The maximum atomic E-state index is 13.2. The van der Waals surface area contributed by atoms with Crippen LogP contribution in [-0.4, -0.2) is 38.1 Å². The molecule has 1 aliphatic carbocycles. The number of carbonyl (C=O) groups is 2. The van der Waals surface area contributed by atoms with Gasteiger partial charge in [-0.3, -0.25) is 9.59 Å². The first-order valence-electron chi connectivity index (χ1n) is 12.8. The van der Waals surface area contributed by atoms with E-state index in [0.29, 0.717) is 18.7 Å². The predicted molar refractivity (Wildman–Crippen MR) is 144 cm³/mol. The quantitative estimate of drug-likeness (QED) is 0.342. The van der Waals surface area contributed by atoms with Gasteiger partial charge in [0.15, 0.2) is 0 Å². The van der Waals surface area contributed by atoms with Crippen LogP contribution in [0.25, 0.3) is 11.1 Å². The molecule has 1 fully saturated rings. The highest BCUT2D eigenvalue weighted by molar-refractivity contribution is 5.98. The van der Waals surface area contributed by atoms with Gasteiger partial charge in [-0.1, -0.05) is 61.7 Å². The summed E-state index contributed by atoms with van der Waals surface area (Å²) in [5, 5.41) is 9.37. The summed E-state index contributed by atoms with van der Waals surface area (Å²) in [6.45, 7) is 1.06. The lowest BCUT2D eigenvalue weighted by molar-refractivity contribution is -0.124. The zero-order chi connectivity index (χ0) is 25.2. The molecule has 0 aliphatic heterocycles. The molecule has 6 heteroatoms. The lowest BCUT2D eigenvalue weighted by atomic mass is 9.83. The van der Waals surface area contributed by atoms with Crippen LogP contribution >= 0.6 is 0 Å². The fraction of sp³-hybridized carbons (Fsp3) is 0.333. The molecule has 0 saturated heterocycles. The number of ether oxygens (including phenoxy) is 1. The first kappa shape index (κ1) is 25.3. The molecule has 6 nitrogen and oxygen atoms in total. The Morgan fingerprint density at radius 1 is 0.833 bits per heavy atom. The summed E-state index contributed by atoms with van der Waals surface area (Å²) in [6.07, 6.45) is 5.28. The van der Waals surface area contributed by atoms with Crippen molar-refractivity contribution in [1.82, 2.24) is 10.6 Å². The largest absolute Gasteiger partial charge is 0.497 e. The second-order valence-electron chi connectivity index (χ2n) is 9.24. The van der Waals surface area contributed by atoms with Gasteiger partial charge in [0.05, 0.1) is 7.11 Å². The van der Waals surface area contributed by atoms with Crippen LogP contribution in [0.2, 0.25) is 0 Å². The third kappa shape index (κ3) is 6.87. The highest BCUT2D eigenvalue weighted by atomic mass is 16.5. The Balaban J connectivity index is 1.35. The molecule has 36 heavy (non-hydrogen) atoms. The average molecular weight is 486 g/mol. The molecule has 0 bridgehead atoms. The van der Waals surface area contributed by atoms with Crippen molar-refractivity contribution in [2.75, 3.05) is 25.5 Å². The van der Waals surface area contributed by atoms with E-state index in [9.17, 15) is 9.59 Å². The Hall–Kier alpha value is -3.80. The molecule has 3 N–H and O–H groups in total. The van der Waals surface area contributed by atoms with Gasteiger partial charge in [-0.15, -0.1) is 0 Å². The Kier molecular flexibility index (Phi) is 8.98. The van der Waals surface area contributed by atoms with Crippen molar-refractivity contribution >= 4 is 17.5 Å².